The molecule has 0 amide bonds. The minimum atomic E-state index is -0.266. The second kappa shape index (κ2) is 6.82. The van der Waals surface area contributed by atoms with E-state index in [-0.39, 0.29) is 5.82 Å². The summed E-state index contributed by atoms with van der Waals surface area (Å²) in [4.78, 5) is 11.2. The number of nitrogens with zero attached hydrogens (tertiary/aromatic N) is 2. The summed E-state index contributed by atoms with van der Waals surface area (Å²) < 4.78 is 15.4. The lowest BCUT2D eigenvalue weighted by atomic mass is 9.90. The van der Waals surface area contributed by atoms with Gasteiger partial charge in [-0.3, -0.25) is 0 Å². The van der Waals surface area contributed by atoms with E-state index in [1.165, 1.54) is 29.1 Å². The predicted molar refractivity (Wildman–Crippen MR) is 112 cm³/mol. The van der Waals surface area contributed by atoms with Crippen molar-refractivity contribution in [2.45, 2.75) is 31.7 Å². The van der Waals surface area contributed by atoms with Crippen molar-refractivity contribution in [2.75, 3.05) is 11.9 Å². The fourth-order valence-electron chi connectivity index (χ4n) is 3.80. The summed E-state index contributed by atoms with van der Waals surface area (Å²) in [5.74, 6) is 0.242. The molecule has 0 spiro atoms. The molecule has 2 atom stereocenters. The van der Waals surface area contributed by atoms with E-state index in [4.69, 9.17) is 0 Å². The topological polar surface area (TPSA) is 49.8 Å². The van der Waals surface area contributed by atoms with Crippen molar-refractivity contribution in [3.05, 3.63) is 46.7 Å². The zero-order valence-corrected chi connectivity index (χ0v) is 16.5. The molecule has 4 heterocycles. The number of piperidine rings is 1. The summed E-state index contributed by atoms with van der Waals surface area (Å²) >= 11 is 3.19. The van der Waals surface area contributed by atoms with Crippen molar-refractivity contribution < 1.29 is 4.39 Å². The van der Waals surface area contributed by atoms with Crippen LogP contribution in [0.3, 0.4) is 0 Å². The van der Waals surface area contributed by atoms with E-state index in [1.807, 2.05) is 6.07 Å². The number of nitrogens with one attached hydrogen (secondary N) is 2. The zero-order chi connectivity index (χ0) is 18.4. The quantitative estimate of drug-likeness (QED) is 0.469. The number of thiophene rings is 1. The molecule has 0 radical (unpaired) electrons. The third kappa shape index (κ3) is 3.09. The number of thiazole rings is 1. The second-order valence-electron chi connectivity index (χ2n) is 6.99. The monoisotopic (exact) mass is 398 g/mol. The van der Waals surface area contributed by atoms with Gasteiger partial charge in [0.1, 0.15) is 10.6 Å². The zero-order valence-electron chi connectivity index (χ0n) is 14.8. The minimum Gasteiger partial charge on any atom is -0.352 e. The SMILES string of the molecule is C[C@H]1NCCC[C@@H]1c1cc2c(Nc3cc4ncsc4cc3F)ccnc2s1. The van der Waals surface area contributed by atoms with Crippen LogP contribution in [0.4, 0.5) is 15.8 Å². The molecular weight excluding hydrogens is 379 g/mol. The van der Waals surface area contributed by atoms with Crippen molar-refractivity contribution in [3.8, 4) is 0 Å². The predicted octanol–water partition coefficient (Wildman–Crippen LogP) is 5.64. The van der Waals surface area contributed by atoms with Gasteiger partial charge in [0.05, 0.1) is 27.1 Å². The number of hydrogen-bond donors (Lipinski definition) is 2. The number of hydrogen-bond acceptors (Lipinski definition) is 6. The van der Waals surface area contributed by atoms with Crippen molar-refractivity contribution >= 4 is 54.5 Å². The maximum Gasteiger partial charge on any atom is 0.148 e. The highest BCUT2D eigenvalue weighted by atomic mass is 32.1. The van der Waals surface area contributed by atoms with E-state index in [0.717, 1.165) is 32.7 Å². The van der Waals surface area contributed by atoms with Gasteiger partial charge in [0.2, 0.25) is 0 Å². The van der Waals surface area contributed by atoms with E-state index in [2.05, 4.69) is 33.6 Å². The van der Waals surface area contributed by atoms with Gasteiger partial charge in [-0.2, -0.15) is 0 Å². The van der Waals surface area contributed by atoms with Gasteiger partial charge in [-0.05, 0) is 50.6 Å². The number of benzene rings is 1. The van der Waals surface area contributed by atoms with Gasteiger partial charge >= 0.3 is 0 Å². The summed E-state index contributed by atoms with van der Waals surface area (Å²) in [6.07, 6.45) is 4.17. The number of pyridine rings is 1. The molecule has 7 heteroatoms. The number of fused-ring (bicyclic) bond motifs is 2. The molecule has 3 aromatic heterocycles. The summed E-state index contributed by atoms with van der Waals surface area (Å²) in [7, 11) is 0. The normalized spacial score (nSPS) is 20.4. The van der Waals surface area contributed by atoms with Crippen molar-refractivity contribution in [1.29, 1.82) is 0 Å². The highest BCUT2D eigenvalue weighted by Crippen LogP contribution is 2.39. The molecule has 1 aliphatic rings. The van der Waals surface area contributed by atoms with Crippen LogP contribution >= 0.6 is 22.7 Å². The molecule has 0 saturated carbocycles. The standard InChI is InChI=1S/C20H19FN4S2/c1-11-12(3-2-5-22-11)18-7-13-15(4-6-23-20(13)27-18)25-16-9-17-19(8-14(16)21)26-10-24-17/h4,6-12,22H,2-3,5H2,1H3,(H,23,25)/t11-,12+/m1/s1. The van der Waals surface area contributed by atoms with Crippen molar-refractivity contribution in [3.63, 3.8) is 0 Å². The van der Waals surface area contributed by atoms with Gasteiger partial charge in [-0.25, -0.2) is 14.4 Å². The minimum absolute atomic E-state index is 0.266. The van der Waals surface area contributed by atoms with Crippen molar-refractivity contribution in [1.82, 2.24) is 15.3 Å². The highest BCUT2D eigenvalue weighted by Gasteiger charge is 2.25. The maximum absolute atomic E-state index is 14.5. The van der Waals surface area contributed by atoms with Gasteiger partial charge in [-0.1, -0.05) is 0 Å². The Bertz CT molecular complexity index is 1120. The first-order valence-electron chi connectivity index (χ1n) is 9.10. The molecule has 1 aliphatic heterocycles. The number of anilines is 2. The molecular formula is C20H19FN4S2. The molecule has 2 N–H and O–H groups in total. The Morgan fingerprint density at radius 1 is 1.22 bits per heavy atom. The van der Waals surface area contributed by atoms with Crippen LogP contribution in [0.15, 0.2) is 36.0 Å². The molecule has 1 saturated heterocycles. The van der Waals surface area contributed by atoms with Crippen LogP contribution in [0.1, 0.15) is 30.6 Å². The van der Waals surface area contributed by atoms with Gasteiger partial charge in [0.25, 0.3) is 0 Å². The Morgan fingerprint density at radius 3 is 3.04 bits per heavy atom. The number of halogens is 1. The highest BCUT2D eigenvalue weighted by molar-refractivity contribution is 7.18. The number of aromatic nitrogens is 2. The van der Waals surface area contributed by atoms with E-state index in [9.17, 15) is 4.39 Å². The summed E-state index contributed by atoms with van der Waals surface area (Å²) in [6, 6.07) is 7.91. The average molecular weight is 399 g/mol. The third-order valence-electron chi connectivity index (χ3n) is 5.27. The van der Waals surface area contributed by atoms with Crippen LogP contribution in [0, 0.1) is 5.82 Å². The smallest absolute Gasteiger partial charge is 0.148 e. The number of rotatable bonds is 3. The van der Waals surface area contributed by atoms with Gasteiger partial charge in [-0.15, -0.1) is 22.7 Å². The molecule has 5 rings (SSSR count). The second-order valence-corrected chi connectivity index (χ2v) is 8.94. The van der Waals surface area contributed by atoms with Crippen LogP contribution in [-0.2, 0) is 0 Å². The third-order valence-corrected chi connectivity index (χ3v) is 7.24. The summed E-state index contributed by atoms with van der Waals surface area (Å²) in [6.45, 7) is 3.34. The molecule has 138 valence electrons. The first kappa shape index (κ1) is 17.0. The summed E-state index contributed by atoms with van der Waals surface area (Å²) in [5.41, 5.74) is 3.87. The molecule has 0 unspecified atom stereocenters. The molecule has 4 aromatic rings. The van der Waals surface area contributed by atoms with Crippen LogP contribution in [0.5, 0.6) is 0 Å². The Kier molecular flexibility index (Phi) is 4.30. The van der Waals surface area contributed by atoms with Crippen LogP contribution in [0.2, 0.25) is 0 Å². The lowest BCUT2D eigenvalue weighted by Gasteiger charge is -2.29. The first-order chi connectivity index (χ1) is 13.2. The van der Waals surface area contributed by atoms with Crippen molar-refractivity contribution in [2.24, 2.45) is 0 Å². The van der Waals surface area contributed by atoms with Crippen LogP contribution in [-0.4, -0.2) is 22.6 Å². The molecule has 27 heavy (non-hydrogen) atoms. The Morgan fingerprint density at radius 2 is 2.15 bits per heavy atom. The van der Waals surface area contributed by atoms with Gasteiger partial charge in [0.15, 0.2) is 0 Å². The lowest BCUT2D eigenvalue weighted by Crippen LogP contribution is -2.37. The molecule has 0 aliphatic carbocycles. The first-order valence-corrected chi connectivity index (χ1v) is 10.8. The fourth-order valence-corrected chi connectivity index (χ4v) is 5.75. The molecule has 4 nitrogen and oxygen atoms in total. The van der Waals surface area contributed by atoms with E-state index < -0.39 is 0 Å². The molecule has 0 bridgehead atoms. The van der Waals surface area contributed by atoms with Gasteiger partial charge in [0, 0.05) is 28.4 Å². The van der Waals surface area contributed by atoms with Crippen LogP contribution < -0.4 is 10.6 Å². The summed E-state index contributed by atoms with van der Waals surface area (Å²) in [5, 5.41) is 7.88. The fraction of sp³-hybridized carbons (Fsp3) is 0.300. The Hall–Kier alpha value is -2.09. The van der Waals surface area contributed by atoms with Gasteiger partial charge < -0.3 is 10.6 Å². The van der Waals surface area contributed by atoms with E-state index in [1.54, 1.807) is 35.2 Å². The largest absolute Gasteiger partial charge is 0.352 e. The molecule has 1 aromatic carbocycles. The molecule has 1 fully saturated rings. The van der Waals surface area contributed by atoms with E-state index >= 15 is 0 Å². The average Bonchev–Trinajstić information content (AvgIpc) is 3.29. The van der Waals surface area contributed by atoms with Crippen LogP contribution in [0.25, 0.3) is 20.4 Å². The Labute approximate surface area is 164 Å². The lowest BCUT2D eigenvalue weighted by molar-refractivity contribution is 0.375. The maximum atomic E-state index is 14.5. The van der Waals surface area contributed by atoms with E-state index in [0.29, 0.717) is 17.6 Å². The Balaban J connectivity index is 1.53.